The lowest BCUT2D eigenvalue weighted by molar-refractivity contribution is 0.414. The van der Waals surface area contributed by atoms with Crippen LogP contribution < -0.4 is 10.4 Å². The summed E-state index contributed by atoms with van der Waals surface area (Å²) in [5.74, 6) is 0. The molecule has 3 aromatic rings. The average Bonchev–Trinajstić information content (AvgIpc) is 2.62. The molecule has 0 bridgehead atoms. The maximum Gasteiger partial charge on any atom is 0.259 e. The number of hydrogen-bond acceptors (Lipinski definition) is 1. The van der Waals surface area contributed by atoms with Crippen molar-refractivity contribution in [2.75, 3.05) is 7.11 Å². The van der Waals surface area contributed by atoms with Crippen LogP contribution in [0, 0.1) is 0 Å². The first-order valence-corrected chi connectivity index (χ1v) is 10.1. The van der Waals surface area contributed by atoms with Crippen molar-refractivity contribution in [1.82, 2.24) is 0 Å². The highest BCUT2D eigenvalue weighted by Gasteiger charge is 2.38. The molecule has 0 amide bonds. The molecule has 116 valence electrons. The Kier molecular flexibility index (Phi) is 4.96. The summed E-state index contributed by atoms with van der Waals surface area (Å²) >= 11 is 6.09. The lowest BCUT2D eigenvalue weighted by Gasteiger charge is -2.31. The molecule has 0 radical (unpaired) electrons. The van der Waals surface area contributed by atoms with Gasteiger partial charge in [-0.1, -0.05) is 84.4 Å². The minimum absolute atomic E-state index is 0.750. The van der Waals surface area contributed by atoms with Gasteiger partial charge in [0.25, 0.3) is 8.32 Å². The molecule has 0 heterocycles. The zero-order chi connectivity index (χ0) is 16.1. The molecule has 3 heteroatoms. The van der Waals surface area contributed by atoms with Crippen LogP contribution in [-0.4, -0.2) is 15.4 Å². The molecule has 1 atom stereocenters. The predicted octanol–water partition coefficient (Wildman–Crippen LogP) is 3.83. The minimum atomic E-state index is -2.34. The molecule has 23 heavy (non-hydrogen) atoms. The summed E-state index contributed by atoms with van der Waals surface area (Å²) in [6, 6.07) is 30.1. The van der Waals surface area contributed by atoms with E-state index in [1.807, 2.05) is 31.4 Å². The Hall–Kier alpha value is -1.87. The fourth-order valence-electron chi connectivity index (χ4n) is 2.99. The Balaban J connectivity index is 2.13. The van der Waals surface area contributed by atoms with Gasteiger partial charge >= 0.3 is 0 Å². The molecule has 0 saturated heterocycles. The number of rotatable bonds is 5. The van der Waals surface area contributed by atoms with E-state index in [1.165, 1.54) is 15.9 Å². The van der Waals surface area contributed by atoms with Crippen molar-refractivity contribution in [3.8, 4) is 0 Å². The third kappa shape index (κ3) is 3.40. The molecule has 1 unspecified atom stereocenters. The molecular formula is C20H19ClOSi. The van der Waals surface area contributed by atoms with Crippen LogP contribution in [0.2, 0.25) is 5.02 Å². The molecule has 0 saturated carbocycles. The summed E-state index contributed by atoms with van der Waals surface area (Å²) < 4.78 is 6.25. The Morgan fingerprint density at radius 3 is 1.83 bits per heavy atom. The summed E-state index contributed by atoms with van der Waals surface area (Å²) in [6.07, 6.45) is 0. The summed E-state index contributed by atoms with van der Waals surface area (Å²) in [5, 5.41) is 3.26. The van der Waals surface area contributed by atoms with Gasteiger partial charge in [-0.3, -0.25) is 0 Å². The molecular weight excluding hydrogens is 320 g/mol. The van der Waals surface area contributed by atoms with Crippen LogP contribution in [-0.2, 0) is 10.5 Å². The normalized spacial score (nSPS) is 13.5. The second-order valence-electron chi connectivity index (χ2n) is 5.57. The molecule has 0 spiro atoms. The Morgan fingerprint density at radius 2 is 1.26 bits per heavy atom. The maximum absolute atomic E-state index is 6.25. The van der Waals surface area contributed by atoms with E-state index in [4.69, 9.17) is 16.0 Å². The Labute approximate surface area is 143 Å². The first kappa shape index (κ1) is 16.0. The van der Waals surface area contributed by atoms with Gasteiger partial charge in [0.1, 0.15) is 0 Å². The molecule has 3 aromatic carbocycles. The van der Waals surface area contributed by atoms with Crippen molar-refractivity contribution in [3.05, 3.63) is 95.5 Å². The summed E-state index contributed by atoms with van der Waals surface area (Å²) in [6.45, 7) is 0. The van der Waals surface area contributed by atoms with Gasteiger partial charge in [-0.2, -0.15) is 0 Å². The Bertz CT molecular complexity index is 744. The second-order valence-corrected chi connectivity index (χ2v) is 9.57. The fraction of sp³-hybridized carbons (Fsp3) is 0.100. The van der Waals surface area contributed by atoms with Gasteiger partial charge in [0.15, 0.2) is 0 Å². The third-order valence-corrected chi connectivity index (χ3v) is 8.58. The van der Waals surface area contributed by atoms with Gasteiger partial charge < -0.3 is 4.43 Å². The van der Waals surface area contributed by atoms with E-state index in [9.17, 15) is 0 Å². The first-order valence-electron chi connectivity index (χ1n) is 7.65. The number of hydrogen-bond donors (Lipinski definition) is 0. The van der Waals surface area contributed by atoms with Gasteiger partial charge in [-0.05, 0) is 34.1 Å². The topological polar surface area (TPSA) is 9.23 Å². The SMILES string of the molecule is CO[Si](Cc1ccccc1)(c1ccccc1)c1ccc(Cl)cc1. The highest BCUT2D eigenvalue weighted by molar-refractivity contribution is 6.97. The zero-order valence-corrected chi connectivity index (χ0v) is 14.8. The predicted molar refractivity (Wildman–Crippen MR) is 100 cm³/mol. The summed E-state index contributed by atoms with van der Waals surface area (Å²) in [4.78, 5) is 0. The minimum Gasteiger partial charge on any atom is -0.411 e. The van der Waals surface area contributed by atoms with E-state index < -0.39 is 8.32 Å². The van der Waals surface area contributed by atoms with Gasteiger partial charge in [-0.25, -0.2) is 0 Å². The summed E-state index contributed by atoms with van der Waals surface area (Å²) in [7, 11) is -0.514. The monoisotopic (exact) mass is 338 g/mol. The van der Waals surface area contributed by atoms with Crippen molar-refractivity contribution in [1.29, 1.82) is 0 Å². The van der Waals surface area contributed by atoms with Crippen LogP contribution in [0.15, 0.2) is 84.9 Å². The van der Waals surface area contributed by atoms with Crippen LogP contribution in [0.1, 0.15) is 5.56 Å². The highest BCUT2D eigenvalue weighted by Crippen LogP contribution is 2.16. The smallest absolute Gasteiger partial charge is 0.259 e. The van der Waals surface area contributed by atoms with E-state index in [2.05, 4.69) is 60.7 Å². The van der Waals surface area contributed by atoms with Crippen LogP contribution in [0.4, 0.5) is 0 Å². The van der Waals surface area contributed by atoms with E-state index >= 15 is 0 Å². The van der Waals surface area contributed by atoms with Crippen molar-refractivity contribution in [3.63, 3.8) is 0 Å². The average molecular weight is 339 g/mol. The molecule has 0 N–H and O–H groups in total. The maximum atomic E-state index is 6.25. The zero-order valence-electron chi connectivity index (χ0n) is 13.1. The quantitative estimate of drug-likeness (QED) is 0.642. The van der Waals surface area contributed by atoms with Gasteiger partial charge in [0.2, 0.25) is 0 Å². The number of halogens is 1. The van der Waals surface area contributed by atoms with Crippen molar-refractivity contribution < 1.29 is 4.43 Å². The fourth-order valence-corrected chi connectivity index (χ4v) is 6.72. The van der Waals surface area contributed by atoms with E-state index in [1.54, 1.807) is 0 Å². The molecule has 1 nitrogen and oxygen atoms in total. The molecule has 0 fully saturated rings. The molecule has 0 aliphatic rings. The van der Waals surface area contributed by atoms with E-state index in [0.717, 1.165) is 11.1 Å². The van der Waals surface area contributed by atoms with Gasteiger partial charge in [0, 0.05) is 12.1 Å². The molecule has 3 rings (SSSR count). The lowest BCUT2D eigenvalue weighted by atomic mass is 10.2. The standard InChI is InChI=1S/C20H19ClOSi/c1-22-23(19-10-6-3-7-11-19,16-17-8-4-2-5-9-17)20-14-12-18(21)13-15-20/h2-15H,16H2,1H3. The van der Waals surface area contributed by atoms with E-state index in [0.29, 0.717) is 0 Å². The van der Waals surface area contributed by atoms with Crippen LogP contribution in [0.25, 0.3) is 0 Å². The Morgan fingerprint density at radius 1 is 0.739 bits per heavy atom. The van der Waals surface area contributed by atoms with Crippen LogP contribution in [0.3, 0.4) is 0 Å². The van der Waals surface area contributed by atoms with E-state index in [-0.39, 0.29) is 0 Å². The van der Waals surface area contributed by atoms with Gasteiger partial charge in [-0.15, -0.1) is 0 Å². The van der Waals surface area contributed by atoms with Crippen LogP contribution >= 0.6 is 11.6 Å². The van der Waals surface area contributed by atoms with Crippen molar-refractivity contribution in [2.24, 2.45) is 0 Å². The third-order valence-electron chi connectivity index (χ3n) is 4.19. The lowest BCUT2D eigenvalue weighted by Crippen LogP contribution is -2.62. The largest absolute Gasteiger partial charge is 0.411 e. The van der Waals surface area contributed by atoms with Crippen molar-refractivity contribution >= 4 is 30.3 Å². The second kappa shape index (κ2) is 7.13. The van der Waals surface area contributed by atoms with Crippen LogP contribution in [0.5, 0.6) is 0 Å². The molecule has 0 aliphatic carbocycles. The summed E-state index contributed by atoms with van der Waals surface area (Å²) in [5.41, 5.74) is 1.29. The molecule has 0 aromatic heterocycles. The highest BCUT2D eigenvalue weighted by atomic mass is 35.5. The number of benzene rings is 3. The molecule has 0 aliphatic heterocycles. The first-order chi connectivity index (χ1) is 11.2. The van der Waals surface area contributed by atoms with Gasteiger partial charge in [0.05, 0.1) is 0 Å². The van der Waals surface area contributed by atoms with Crippen molar-refractivity contribution in [2.45, 2.75) is 6.04 Å².